The van der Waals surface area contributed by atoms with Gasteiger partial charge >= 0.3 is 0 Å². The number of aliphatic imine (C=N–C) groups is 1. The highest BCUT2D eigenvalue weighted by molar-refractivity contribution is 5.79. The van der Waals surface area contributed by atoms with Crippen molar-refractivity contribution in [1.82, 2.24) is 20.5 Å². The maximum absolute atomic E-state index is 5.98. The van der Waals surface area contributed by atoms with Crippen LogP contribution in [-0.2, 0) is 11.3 Å². The number of guanidine groups is 1. The van der Waals surface area contributed by atoms with E-state index in [0.717, 1.165) is 63.1 Å². The van der Waals surface area contributed by atoms with Crippen LogP contribution in [0.5, 0.6) is 0 Å². The molecule has 1 aliphatic carbocycles. The van der Waals surface area contributed by atoms with Crippen molar-refractivity contribution >= 4 is 11.8 Å². The number of aromatic nitrogens is 1. The van der Waals surface area contributed by atoms with Crippen LogP contribution in [-0.4, -0.2) is 75.4 Å². The monoisotopic (exact) mass is 402 g/mol. The molecule has 0 aromatic carbocycles. The lowest BCUT2D eigenvalue weighted by atomic mass is 9.98. The molecule has 2 heterocycles. The van der Waals surface area contributed by atoms with Gasteiger partial charge in [0.15, 0.2) is 5.96 Å². The number of nitrogens with one attached hydrogen (secondary N) is 2. The predicted octanol–water partition coefficient (Wildman–Crippen LogP) is 2.24. The van der Waals surface area contributed by atoms with Gasteiger partial charge < -0.3 is 25.2 Å². The van der Waals surface area contributed by atoms with Crippen LogP contribution in [0, 0.1) is 0 Å². The second-order valence-electron chi connectivity index (χ2n) is 8.15. The van der Waals surface area contributed by atoms with Crippen LogP contribution >= 0.6 is 0 Å². The van der Waals surface area contributed by atoms with E-state index in [4.69, 9.17) is 4.74 Å². The van der Waals surface area contributed by atoms with Gasteiger partial charge in [0, 0.05) is 59.1 Å². The lowest BCUT2D eigenvalue weighted by Gasteiger charge is -2.33. The van der Waals surface area contributed by atoms with E-state index in [1.807, 2.05) is 13.2 Å². The molecule has 0 spiro atoms. The number of likely N-dealkylation sites (N-methyl/N-ethyl adjacent to an activating group) is 1. The van der Waals surface area contributed by atoms with E-state index in [0.29, 0.717) is 12.6 Å². The van der Waals surface area contributed by atoms with Crippen LogP contribution in [0.1, 0.15) is 44.1 Å². The molecule has 2 aliphatic rings. The van der Waals surface area contributed by atoms with Crippen molar-refractivity contribution < 1.29 is 4.74 Å². The fourth-order valence-electron chi connectivity index (χ4n) is 3.91. The Hall–Kier alpha value is -1.86. The molecule has 0 atom stereocenters. The second-order valence-corrected chi connectivity index (χ2v) is 8.15. The van der Waals surface area contributed by atoms with Crippen LogP contribution in [0.2, 0.25) is 0 Å². The largest absolute Gasteiger partial charge is 0.378 e. The van der Waals surface area contributed by atoms with E-state index >= 15 is 0 Å². The van der Waals surface area contributed by atoms with Crippen molar-refractivity contribution in [3.63, 3.8) is 0 Å². The Morgan fingerprint density at radius 2 is 1.93 bits per heavy atom. The highest BCUT2D eigenvalue weighted by atomic mass is 16.5. The van der Waals surface area contributed by atoms with Gasteiger partial charge in [0.05, 0.1) is 6.10 Å². The molecule has 1 saturated carbocycles. The number of hydrogen-bond acceptors (Lipinski definition) is 5. The SMILES string of the molecule is CN=C(NCCCOC1CCCCC1)NCc1ccc(N2CCN(C)CC2)nc1. The molecule has 1 aromatic heterocycles. The third-order valence-electron chi connectivity index (χ3n) is 5.84. The molecule has 0 radical (unpaired) electrons. The number of anilines is 1. The summed E-state index contributed by atoms with van der Waals surface area (Å²) < 4.78 is 5.98. The summed E-state index contributed by atoms with van der Waals surface area (Å²) in [7, 11) is 3.98. The third-order valence-corrected chi connectivity index (χ3v) is 5.84. The molecule has 1 aromatic rings. The van der Waals surface area contributed by atoms with E-state index in [1.165, 1.54) is 32.1 Å². The Bertz CT molecular complexity index is 606. The van der Waals surface area contributed by atoms with Crippen molar-refractivity contribution in [3.05, 3.63) is 23.9 Å². The summed E-state index contributed by atoms with van der Waals surface area (Å²) in [6.45, 7) is 6.69. The zero-order valence-electron chi connectivity index (χ0n) is 18.2. The molecular formula is C22H38N6O. The first-order chi connectivity index (χ1) is 14.2. The highest BCUT2D eigenvalue weighted by Gasteiger charge is 2.15. The molecule has 1 aliphatic heterocycles. The predicted molar refractivity (Wildman–Crippen MR) is 120 cm³/mol. The van der Waals surface area contributed by atoms with E-state index < -0.39 is 0 Å². The number of rotatable bonds is 8. The van der Waals surface area contributed by atoms with Crippen LogP contribution in [0.15, 0.2) is 23.3 Å². The fourth-order valence-corrected chi connectivity index (χ4v) is 3.91. The normalized spacial score (nSPS) is 19.4. The standard InChI is InChI=1S/C22H38N6O/c1-23-22(24-11-6-16-29-20-7-4-3-5-8-20)26-18-19-9-10-21(25-17-19)28-14-12-27(2)13-15-28/h9-10,17,20H,3-8,11-16,18H2,1-2H3,(H2,23,24,26). The smallest absolute Gasteiger partial charge is 0.191 e. The molecule has 1 saturated heterocycles. The van der Waals surface area contributed by atoms with Crippen molar-refractivity contribution in [2.45, 2.75) is 51.2 Å². The Balaban J connectivity index is 1.31. The van der Waals surface area contributed by atoms with Crippen LogP contribution < -0.4 is 15.5 Å². The molecule has 0 bridgehead atoms. The molecule has 0 unspecified atom stereocenters. The maximum Gasteiger partial charge on any atom is 0.191 e. The average molecular weight is 403 g/mol. The minimum absolute atomic E-state index is 0.488. The minimum Gasteiger partial charge on any atom is -0.378 e. The van der Waals surface area contributed by atoms with Gasteiger partial charge in [0.25, 0.3) is 0 Å². The third kappa shape index (κ3) is 7.48. The number of ether oxygens (including phenoxy) is 1. The molecule has 3 rings (SSSR count). The van der Waals surface area contributed by atoms with Gasteiger partial charge in [-0.15, -0.1) is 0 Å². The Morgan fingerprint density at radius 1 is 1.14 bits per heavy atom. The van der Waals surface area contributed by atoms with Crippen molar-refractivity contribution in [3.8, 4) is 0 Å². The number of pyridine rings is 1. The van der Waals surface area contributed by atoms with E-state index in [9.17, 15) is 0 Å². The lowest BCUT2D eigenvalue weighted by molar-refractivity contribution is 0.0277. The first-order valence-corrected chi connectivity index (χ1v) is 11.2. The molecule has 162 valence electrons. The first kappa shape index (κ1) is 21.8. The zero-order valence-corrected chi connectivity index (χ0v) is 18.2. The fraction of sp³-hybridized carbons (Fsp3) is 0.727. The van der Waals surface area contributed by atoms with Gasteiger partial charge in [-0.3, -0.25) is 4.99 Å². The van der Waals surface area contributed by atoms with Crippen molar-refractivity contribution in [2.75, 3.05) is 58.3 Å². The van der Waals surface area contributed by atoms with Crippen molar-refractivity contribution in [1.29, 1.82) is 0 Å². The molecule has 2 N–H and O–H groups in total. The van der Waals surface area contributed by atoms with Crippen molar-refractivity contribution in [2.24, 2.45) is 4.99 Å². The number of piperazine rings is 1. The summed E-state index contributed by atoms with van der Waals surface area (Å²) in [5.74, 6) is 1.90. The molecule has 7 heteroatoms. The van der Waals surface area contributed by atoms with Gasteiger partial charge in [0.2, 0.25) is 0 Å². The quantitative estimate of drug-likeness (QED) is 0.395. The topological polar surface area (TPSA) is 65.0 Å². The lowest BCUT2D eigenvalue weighted by Crippen LogP contribution is -2.44. The molecule has 2 fully saturated rings. The molecule has 29 heavy (non-hydrogen) atoms. The summed E-state index contributed by atoms with van der Waals surface area (Å²) in [5, 5.41) is 6.74. The summed E-state index contributed by atoms with van der Waals surface area (Å²) >= 11 is 0. The summed E-state index contributed by atoms with van der Waals surface area (Å²) in [6, 6.07) is 4.28. The highest BCUT2D eigenvalue weighted by Crippen LogP contribution is 2.20. The van der Waals surface area contributed by atoms with Crippen LogP contribution in [0.4, 0.5) is 5.82 Å². The summed E-state index contributed by atoms with van der Waals surface area (Å²) in [5.41, 5.74) is 1.16. The number of nitrogens with zero attached hydrogens (tertiary/aromatic N) is 4. The van der Waals surface area contributed by atoms with Gasteiger partial charge in [0.1, 0.15) is 5.82 Å². The first-order valence-electron chi connectivity index (χ1n) is 11.2. The average Bonchev–Trinajstić information content (AvgIpc) is 2.77. The summed E-state index contributed by atoms with van der Waals surface area (Å²) in [6.07, 6.45) is 9.94. The molecule has 0 amide bonds. The van der Waals surface area contributed by atoms with E-state index in [2.05, 4.69) is 49.6 Å². The van der Waals surface area contributed by atoms with Crippen LogP contribution in [0.3, 0.4) is 0 Å². The Kier molecular flexibility index (Phi) is 9.02. The number of hydrogen-bond donors (Lipinski definition) is 2. The summed E-state index contributed by atoms with van der Waals surface area (Å²) in [4.78, 5) is 13.7. The van der Waals surface area contributed by atoms with Crippen LogP contribution in [0.25, 0.3) is 0 Å². The molecule has 7 nitrogen and oxygen atoms in total. The van der Waals surface area contributed by atoms with E-state index in [1.54, 1.807) is 0 Å². The van der Waals surface area contributed by atoms with E-state index in [-0.39, 0.29) is 0 Å². The second kappa shape index (κ2) is 12.0. The maximum atomic E-state index is 5.98. The molecular weight excluding hydrogens is 364 g/mol. The van der Waals surface area contributed by atoms with Gasteiger partial charge in [-0.2, -0.15) is 0 Å². The van der Waals surface area contributed by atoms with Gasteiger partial charge in [-0.1, -0.05) is 25.3 Å². The Morgan fingerprint density at radius 3 is 2.62 bits per heavy atom. The van der Waals surface area contributed by atoms with Gasteiger partial charge in [-0.05, 0) is 37.9 Å². The zero-order chi connectivity index (χ0) is 20.3. The minimum atomic E-state index is 0.488. The Labute approximate surface area is 175 Å². The van der Waals surface area contributed by atoms with Gasteiger partial charge in [-0.25, -0.2) is 4.98 Å².